The molecule has 2 heterocycles. The van der Waals surface area contributed by atoms with Crippen molar-refractivity contribution < 1.29 is 9.47 Å². The molecule has 5 heteroatoms. The molecule has 32 heavy (non-hydrogen) atoms. The van der Waals surface area contributed by atoms with Gasteiger partial charge in [-0.3, -0.25) is 4.90 Å². The van der Waals surface area contributed by atoms with E-state index in [0.717, 1.165) is 42.1 Å². The number of aromatic nitrogens is 2. The van der Waals surface area contributed by atoms with Crippen LogP contribution >= 0.6 is 0 Å². The molecule has 0 spiro atoms. The van der Waals surface area contributed by atoms with Crippen molar-refractivity contribution in [2.75, 3.05) is 26.8 Å². The Morgan fingerprint density at radius 1 is 1.00 bits per heavy atom. The van der Waals surface area contributed by atoms with Crippen LogP contribution in [-0.4, -0.2) is 41.3 Å². The first kappa shape index (κ1) is 22.4. The molecule has 1 saturated heterocycles. The predicted octanol–water partition coefficient (Wildman–Crippen LogP) is 5.92. The number of benzene rings is 2. The Morgan fingerprint density at radius 2 is 1.81 bits per heavy atom. The van der Waals surface area contributed by atoms with Crippen LogP contribution in [0.3, 0.4) is 0 Å². The van der Waals surface area contributed by atoms with Crippen LogP contribution in [0.4, 0.5) is 0 Å². The van der Waals surface area contributed by atoms with Gasteiger partial charge in [0.25, 0.3) is 0 Å². The van der Waals surface area contributed by atoms with Crippen molar-refractivity contribution in [1.29, 1.82) is 0 Å². The summed E-state index contributed by atoms with van der Waals surface area (Å²) in [6, 6.07) is 14.5. The zero-order valence-electron chi connectivity index (χ0n) is 19.4. The SMILES string of the molecule is C/C=C/c1ccc(OCCCn2c(CN3CCCCCC3)nc3ccccc32)c(OC)c1. The molecule has 4 rings (SSSR count). The third-order valence-electron chi connectivity index (χ3n) is 6.13. The van der Waals surface area contributed by atoms with Crippen molar-refractivity contribution >= 4 is 17.1 Å². The van der Waals surface area contributed by atoms with Gasteiger partial charge in [-0.25, -0.2) is 4.98 Å². The number of hydrogen-bond acceptors (Lipinski definition) is 4. The lowest BCUT2D eigenvalue weighted by Crippen LogP contribution is -2.26. The number of rotatable bonds is 9. The van der Waals surface area contributed by atoms with Gasteiger partial charge in [-0.1, -0.05) is 43.2 Å². The van der Waals surface area contributed by atoms with Crippen LogP contribution in [0.15, 0.2) is 48.5 Å². The highest BCUT2D eigenvalue weighted by Crippen LogP contribution is 2.29. The normalized spacial score (nSPS) is 15.3. The third kappa shape index (κ3) is 5.52. The monoisotopic (exact) mass is 433 g/mol. The minimum absolute atomic E-state index is 0.634. The fourth-order valence-corrected chi connectivity index (χ4v) is 4.49. The average Bonchev–Trinajstić information content (AvgIpc) is 2.96. The van der Waals surface area contributed by atoms with Crippen molar-refractivity contribution in [3.8, 4) is 11.5 Å². The van der Waals surface area contributed by atoms with E-state index in [4.69, 9.17) is 14.5 Å². The number of ether oxygens (including phenoxy) is 2. The van der Waals surface area contributed by atoms with E-state index < -0.39 is 0 Å². The summed E-state index contributed by atoms with van der Waals surface area (Å²) in [5, 5.41) is 0. The van der Waals surface area contributed by atoms with Crippen LogP contribution in [-0.2, 0) is 13.1 Å². The van der Waals surface area contributed by atoms with Crippen molar-refractivity contribution in [3.63, 3.8) is 0 Å². The molecule has 1 aliphatic heterocycles. The summed E-state index contributed by atoms with van der Waals surface area (Å²) in [5.41, 5.74) is 3.41. The summed E-state index contributed by atoms with van der Waals surface area (Å²) >= 11 is 0. The summed E-state index contributed by atoms with van der Waals surface area (Å²) < 4.78 is 14.0. The molecule has 1 aromatic heterocycles. The average molecular weight is 434 g/mol. The first-order valence-electron chi connectivity index (χ1n) is 11.9. The highest BCUT2D eigenvalue weighted by atomic mass is 16.5. The lowest BCUT2D eigenvalue weighted by molar-refractivity contribution is 0.261. The van der Waals surface area contributed by atoms with Gasteiger partial charge in [0, 0.05) is 6.54 Å². The van der Waals surface area contributed by atoms with Crippen LogP contribution in [0.25, 0.3) is 17.1 Å². The van der Waals surface area contributed by atoms with Crippen LogP contribution in [0.2, 0.25) is 0 Å². The van der Waals surface area contributed by atoms with E-state index >= 15 is 0 Å². The van der Waals surface area contributed by atoms with Gasteiger partial charge in [0.2, 0.25) is 0 Å². The highest BCUT2D eigenvalue weighted by Gasteiger charge is 2.16. The van der Waals surface area contributed by atoms with Crippen LogP contribution in [0.1, 0.15) is 50.4 Å². The number of methoxy groups -OCH3 is 1. The van der Waals surface area contributed by atoms with E-state index in [1.807, 2.05) is 25.1 Å². The van der Waals surface area contributed by atoms with Gasteiger partial charge >= 0.3 is 0 Å². The van der Waals surface area contributed by atoms with Crippen LogP contribution in [0, 0.1) is 0 Å². The summed E-state index contributed by atoms with van der Waals surface area (Å²) in [7, 11) is 1.69. The minimum atomic E-state index is 0.634. The Morgan fingerprint density at radius 3 is 2.59 bits per heavy atom. The Hall–Kier alpha value is -2.79. The summed E-state index contributed by atoms with van der Waals surface area (Å²) in [5.74, 6) is 2.73. The maximum Gasteiger partial charge on any atom is 0.161 e. The van der Waals surface area contributed by atoms with Gasteiger partial charge < -0.3 is 14.0 Å². The van der Waals surface area contributed by atoms with E-state index in [1.54, 1.807) is 7.11 Å². The molecule has 0 atom stereocenters. The maximum atomic E-state index is 6.08. The Kier molecular flexibility index (Phi) is 7.83. The molecule has 0 saturated carbocycles. The largest absolute Gasteiger partial charge is 0.493 e. The fourth-order valence-electron chi connectivity index (χ4n) is 4.49. The molecule has 0 bridgehead atoms. The molecule has 0 aliphatic carbocycles. The zero-order valence-corrected chi connectivity index (χ0v) is 19.4. The second-order valence-corrected chi connectivity index (χ2v) is 8.47. The zero-order chi connectivity index (χ0) is 22.2. The first-order valence-corrected chi connectivity index (χ1v) is 11.9. The van der Waals surface area contributed by atoms with E-state index in [0.29, 0.717) is 6.61 Å². The first-order chi connectivity index (χ1) is 15.8. The van der Waals surface area contributed by atoms with E-state index in [9.17, 15) is 0 Å². The second kappa shape index (κ2) is 11.2. The lowest BCUT2D eigenvalue weighted by atomic mass is 10.2. The molecule has 3 aromatic rings. The molecule has 170 valence electrons. The number of aryl methyl sites for hydroxylation is 1. The number of para-hydroxylation sites is 2. The van der Waals surface area contributed by atoms with Gasteiger partial charge in [0.1, 0.15) is 5.82 Å². The number of fused-ring (bicyclic) bond motifs is 1. The molecular formula is C27H35N3O2. The molecule has 0 amide bonds. The minimum Gasteiger partial charge on any atom is -0.493 e. The number of allylic oxidation sites excluding steroid dienone is 1. The molecule has 2 aromatic carbocycles. The van der Waals surface area contributed by atoms with Gasteiger partial charge in [0.15, 0.2) is 11.5 Å². The Labute approximate surface area is 191 Å². The number of likely N-dealkylation sites (tertiary alicyclic amines) is 1. The molecule has 1 aliphatic rings. The smallest absolute Gasteiger partial charge is 0.161 e. The van der Waals surface area contributed by atoms with Crippen molar-refractivity contribution in [3.05, 3.63) is 59.9 Å². The van der Waals surface area contributed by atoms with Crippen molar-refractivity contribution in [2.45, 2.75) is 52.1 Å². The molecule has 0 radical (unpaired) electrons. The van der Waals surface area contributed by atoms with Crippen molar-refractivity contribution in [2.24, 2.45) is 0 Å². The Bertz CT molecular complexity index is 1030. The maximum absolute atomic E-state index is 6.08. The number of nitrogens with zero attached hydrogens (tertiary/aromatic N) is 3. The lowest BCUT2D eigenvalue weighted by Gasteiger charge is -2.20. The van der Waals surface area contributed by atoms with Crippen molar-refractivity contribution in [1.82, 2.24) is 14.5 Å². The molecule has 0 N–H and O–H groups in total. The van der Waals surface area contributed by atoms with E-state index in [2.05, 4.69) is 45.9 Å². The standard InChI is InChI=1S/C27H35N3O2/c1-3-11-22-14-15-25(26(20-22)31-2)32-19-10-18-30-24-13-7-6-12-23(24)28-27(30)21-29-16-8-4-5-9-17-29/h3,6-7,11-15,20H,4-5,8-10,16-19,21H2,1-2H3/b11-3+. The highest BCUT2D eigenvalue weighted by molar-refractivity contribution is 5.75. The molecule has 1 fully saturated rings. The van der Waals surface area contributed by atoms with E-state index in [-0.39, 0.29) is 0 Å². The van der Waals surface area contributed by atoms with E-state index in [1.165, 1.54) is 50.1 Å². The van der Waals surface area contributed by atoms with Gasteiger partial charge in [-0.05, 0) is 69.1 Å². The third-order valence-corrected chi connectivity index (χ3v) is 6.13. The van der Waals surface area contributed by atoms with Gasteiger partial charge in [-0.15, -0.1) is 0 Å². The summed E-state index contributed by atoms with van der Waals surface area (Å²) in [6.07, 6.45) is 10.3. The number of imidazole rings is 1. The molecule has 5 nitrogen and oxygen atoms in total. The summed E-state index contributed by atoms with van der Waals surface area (Å²) in [6.45, 7) is 6.82. The van der Waals surface area contributed by atoms with Gasteiger partial charge in [-0.2, -0.15) is 0 Å². The van der Waals surface area contributed by atoms with Crippen LogP contribution in [0.5, 0.6) is 11.5 Å². The van der Waals surface area contributed by atoms with Gasteiger partial charge in [0.05, 0.1) is 31.3 Å². The quantitative estimate of drug-likeness (QED) is 0.393. The van der Waals surface area contributed by atoms with Crippen LogP contribution < -0.4 is 9.47 Å². The molecule has 0 unspecified atom stereocenters. The summed E-state index contributed by atoms with van der Waals surface area (Å²) in [4.78, 5) is 7.55. The topological polar surface area (TPSA) is 39.5 Å². The fraction of sp³-hybridized carbons (Fsp3) is 0.444. The molecular weight excluding hydrogens is 398 g/mol. The predicted molar refractivity (Wildman–Crippen MR) is 131 cm³/mol. The Balaban J connectivity index is 1.42. The second-order valence-electron chi connectivity index (χ2n) is 8.47. The number of hydrogen-bond donors (Lipinski definition) is 0.